The molecular weight excluding hydrogens is 303 g/mol. The Morgan fingerprint density at radius 2 is 2.22 bits per heavy atom. The minimum Gasteiger partial charge on any atom is -0.302 e. The molecule has 96 valence electrons. The topological polar surface area (TPSA) is 58.2 Å². The maximum absolute atomic E-state index is 13.5. The Morgan fingerprint density at radius 3 is 2.89 bits per heavy atom. The van der Waals surface area contributed by atoms with Crippen molar-refractivity contribution in [3.05, 3.63) is 34.1 Å². The molecule has 2 N–H and O–H groups in total. The maximum atomic E-state index is 13.5. The van der Waals surface area contributed by atoms with Crippen LogP contribution in [0, 0.1) is 5.82 Å². The summed E-state index contributed by atoms with van der Waals surface area (Å²) in [6.45, 7) is 0.255. The summed E-state index contributed by atoms with van der Waals surface area (Å²) in [7, 11) is 0. The molecule has 0 saturated carbocycles. The molecule has 1 unspecified atom stereocenters. The molecule has 2 rings (SSSR count). The van der Waals surface area contributed by atoms with Gasteiger partial charge in [0, 0.05) is 23.0 Å². The zero-order valence-electron chi connectivity index (χ0n) is 9.50. The zero-order valence-corrected chi connectivity index (χ0v) is 11.1. The molecule has 2 amide bonds. The van der Waals surface area contributed by atoms with Crippen LogP contribution in [0.15, 0.2) is 22.7 Å². The van der Waals surface area contributed by atoms with Gasteiger partial charge in [0.25, 0.3) is 0 Å². The summed E-state index contributed by atoms with van der Waals surface area (Å²) in [5.41, 5.74) is 0.489. The van der Waals surface area contributed by atoms with Crippen molar-refractivity contribution in [1.29, 1.82) is 0 Å². The van der Waals surface area contributed by atoms with E-state index in [4.69, 9.17) is 0 Å². The predicted molar refractivity (Wildman–Crippen MR) is 67.1 cm³/mol. The van der Waals surface area contributed by atoms with Gasteiger partial charge in [-0.15, -0.1) is 0 Å². The van der Waals surface area contributed by atoms with E-state index in [0.717, 1.165) is 0 Å². The first kappa shape index (κ1) is 13.2. The fourth-order valence-corrected chi connectivity index (χ4v) is 2.12. The Labute approximate surface area is 112 Å². The summed E-state index contributed by atoms with van der Waals surface area (Å²) in [4.78, 5) is 22.4. The van der Waals surface area contributed by atoms with Gasteiger partial charge in [0.15, 0.2) is 0 Å². The molecule has 6 heteroatoms. The molecule has 1 atom stereocenters. The van der Waals surface area contributed by atoms with Crippen LogP contribution in [0.3, 0.4) is 0 Å². The first-order valence-corrected chi connectivity index (χ1v) is 6.36. The second-order valence-corrected chi connectivity index (χ2v) is 5.04. The van der Waals surface area contributed by atoms with E-state index < -0.39 is 6.04 Å². The number of amides is 2. The molecule has 1 aliphatic rings. The molecule has 1 fully saturated rings. The fourth-order valence-electron chi connectivity index (χ4n) is 1.79. The number of nitrogens with one attached hydrogen (secondary N) is 2. The summed E-state index contributed by atoms with van der Waals surface area (Å²) in [6.07, 6.45) is 0.759. The standard InChI is InChI=1S/C12H12BrFN2O2/c13-8-2-1-7(9(14)5-8)6-15-10-3-4-11(17)16-12(10)18/h1-2,5,10,15H,3-4,6H2,(H,16,17,18). The van der Waals surface area contributed by atoms with Crippen molar-refractivity contribution in [2.24, 2.45) is 0 Å². The lowest BCUT2D eigenvalue weighted by molar-refractivity contribution is -0.134. The van der Waals surface area contributed by atoms with Gasteiger partial charge in [-0.25, -0.2) is 4.39 Å². The van der Waals surface area contributed by atoms with Crippen LogP contribution in [0.25, 0.3) is 0 Å². The summed E-state index contributed by atoms with van der Waals surface area (Å²) >= 11 is 3.18. The predicted octanol–water partition coefficient (Wildman–Crippen LogP) is 1.48. The van der Waals surface area contributed by atoms with E-state index >= 15 is 0 Å². The summed E-state index contributed by atoms with van der Waals surface area (Å²) < 4.78 is 14.2. The van der Waals surface area contributed by atoms with E-state index in [0.29, 0.717) is 22.9 Å². The fraction of sp³-hybridized carbons (Fsp3) is 0.333. The number of carbonyl (C=O) groups is 2. The van der Waals surface area contributed by atoms with Gasteiger partial charge in [-0.05, 0) is 18.6 Å². The van der Waals surface area contributed by atoms with Crippen LogP contribution >= 0.6 is 15.9 Å². The quantitative estimate of drug-likeness (QED) is 0.831. The van der Waals surface area contributed by atoms with Crippen molar-refractivity contribution in [3.63, 3.8) is 0 Å². The number of imide groups is 1. The number of rotatable bonds is 3. The zero-order chi connectivity index (χ0) is 13.1. The smallest absolute Gasteiger partial charge is 0.243 e. The van der Waals surface area contributed by atoms with E-state index in [1.807, 2.05) is 0 Å². The van der Waals surface area contributed by atoms with Crippen LogP contribution in [0.2, 0.25) is 0 Å². The Bertz CT molecular complexity index is 493. The van der Waals surface area contributed by atoms with Crippen LogP contribution in [-0.4, -0.2) is 17.9 Å². The van der Waals surface area contributed by atoms with Gasteiger partial charge in [-0.2, -0.15) is 0 Å². The third-order valence-corrected chi connectivity index (χ3v) is 3.29. The number of piperidine rings is 1. The number of benzene rings is 1. The lowest BCUT2D eigenvalue weighted by Crippen LogP contribution is -2.50. The Morgan fingerprint density at radius 1 is 1.44 bits per heavy atom. The first-order chi connectivity index (χ1) is 8.56. The molecule has 0 aliphatic carbocycles. The average Bonchev–Trinajstić information content (AvgIpc) is 2.30. The molecule has 18 heavy (non-hydrogen) atoms. The first-order valence-electron chi connectivity index (χ1n) is 5.57. The van der Waals surface area contributed by atoms with Crippen molar-refractivity contribution >= 4 is 27.7 Å². The highest BCUT2D eigenvalue weighted by Crippen LogP contribution is 2.15. The van der Waals surface area contributed by atoms with E-state index in [2.05, 4.69) is 26.6 Å². The molecule has 1 aromatic rings. The highest BCUT2D eigenvalue weighted by molar-refractivity contribution is 9.10. The molecule has 1 aliphatic heterocycles. The second-order valence-electron chi connectivity index (χ2n) is 4.12. The molecule has 0 spiro atoms. The molecule has 1 aromatic carbocycles. The monoisotopic (exact) mass is 314 g/mol. The highest BCUT2D eigenvalue weighted by atomic mass is 79.9. The van der Waals surface area contributed by atoms with E-state index in [1.54, 1.807) is 12.1 Å². The van der Waals surface area contributed by atoms with Crippen LogP contribution < -0.4 is 10.6 Å². The van der Waals surface area contributed by atoms with Gasteiger partial charge < -0.3 is 5.32 Å². The number of hydrogen-bond donors (Lipinski definition) is 2. The normalized spacial score (nSPS) is 19.8. The summed E-state index contributed by atoms with van der Waals surface area (Å²) in [5, 5.41) is 5.20. The Balaban J connectivity index is 1.95. The van der Waals surface area contributed by atoms with Crippen molar-refractivity contribution < 1.29 is 14.0 Å². The van der Waals surface area contributed by atoms with Crippen LogP contribution in [0.4, 0.5) is 4.39 Å². The molecule has 4 nitrogen and oxygen atoms in total. The number of halogens is 2. The SMILES string of the molecule is O=C1CCC(NCc2ccc(Br)cc2F)C(=O)N1. The van der Waals surface area contributed by atoms with Crippen molar-refractivity contribution in [3.8, 4) is 0 Å². The minimum absolute atomic E-state index is 0.255. The van der Waals surface area contributed by atoms with Crippen molar-refractivity contribution in [2.45, 2.75) is 25.4 Å². The van der Waals surface area contributed by atoms with Gasteiger partial charge in [-0.1, -0.05) is 22.0 Å². The third kappa shape index (κ3) is 3.14. The molecular formula is C12H12BrFN2O2. The van der Waals surface area contributed by atoms with Gasteiger partial charge in [0.05, 0.1) is 6.04 Å². The Kier molecular flexibility index (Phi) is 4.08. The number of hydrogen-bond acceptors (Lipinski definition) is 3. The molecule has 0 radical (unpaired) electrons. The molecule has 1 heterocycles. The van der Waals surface area contributed by atoms with Crippen LogP contribution in [0.1, 0.15) is 18.4 Å². The highest BCUT2D eigenvalue weighted by Gasteiger charge is 2.25. The molecule has 1 saturated heterocycles. The lowest BCUT2D eigenvalue weighted by Gasteiger charge is -2.22. The molecule has 0 aromatic heterocycles. The van der Waals surface area contributed by atoms with Gasteiger partial charge in [0.2, 0.25) is 11.8 Å². The third-order valence-electron chi connectivity index (χ3n) is 2.79. The van der Waals surface area contributed by atoms with Crippen molar-refractivity contribution in [1.82, 2.24) is 10.6 Å². The van der Waals surface area contributed by atoms with E-state index in [-0.39, 0.29) is 24.2 Å². The van der Waals surface area contributed by atoms with Gasteiger partial charge in [-0.3, -0.25) is 14.9 Å². The van der Waals surface area contributed by atoms with E-state index in [1.165, 1.54) is 6.07 Å². The van der Waals surface area contributed by atoms with E-state index in [9.17, 15) is 14.0 Å². The Hall–Kier alpha value is -1.27. The molecule has 0 bridgehead atoms. The van der Waals surface area contributed by atoms with Gasteiger partial charge in [0.1, 0.15) is 5.82 Å². The summed E-state index contributed by atoms with van der Waals surface area (Å²) in [5.74, 6) is -0.930. The average molecular weight is 315 g/mol. The van der Waals surface area contributed by atoms with Crippen molar-refractivity contribution in [2.75, 3.05) is 0 Å². The lowest BCUT2D eigenvalue weighted by atomic mass is 10.1. The number of carbonyl (C=O) groups excluding carboxylic acids is 2. The van der Waals surface area contributed by atoms with Crippen LogP contribution in [0.5, 0.6) is 0 Å². The van der Waals surface area contributed by atoms with Gasteiger partial charge >= 0.3 is 0 Å². The minimum atomic E-state index is -0.439. The van der Waals surface area contributed by atoms with Crippen LogP contribution in [-0.2, 0) is 16.1 Å². The second kappa shape index (κ2) is 5.58. The maximum Gasteiger partial charge on any atom is 0.243 e. The summed E-state index contributed by atoms with van der Waals surface area (Å²) in [6, 6.07) is 4.33. The largest absolute Gasteiger partial charge is 0.302 e.